The summed E-state index contributed by atoms with van der Waals surface area (Å²) in [4.78, 5) is 40.6. The first kappa shape index (κ1) is 16.4. The molecule has 0 aliphatic rings. The molecule has 0 aliphatic carbocycles. The summed E-state index contributed by atoms with van der Waals surface area (Å²) in [6, 6.07) is 15.1. The maximum absolute atomic E-state index is 12.9. The van der Waals surface area contributed by atoms with Gasteiger partial charge >= 0.3 is 6.03 Å². The first-order valence-corrected chi connectivity index (χ1v) is 7.61. The van der Waals surface area contributed by atoms with Crippen molar-refractivity contribution in [1.29, 1.82) is 0 Å². The fourth-order valence-electron chi connectivity index (χ4n) is 2.54. The molecule has 3 amide bonds. The van der Waals surface area contributed by atoms with Gasteiger partial charge in [-0.15, -0.1) is 0 Å². The van der Waals surface area contributed by atoms with Crippen LogP contribution in [-0.2, 0) is 0 Å². The molecule has 1 heterocycles. The van der Waals surface area contributed by atoms with Gasteiger partial charge in [-0.3, -0.25) is 14.5 Å². The summed E-state index contributed by atoms with van der Waals surface area (Å²) in [5.74, 6) is -0.669. The van der Waals surface area contributed by atoms with Crippen molar-refractivity contribution in [3.8, 4) is 0 Å². The maximum atomic E-state index is 12.9. The van der Waals surface area contributed by atoms with Crippen LogP contribution in [0.1, 0.15) is 21.6 Å². The van der Waals surface area contributed by atoms with Crippen LogP contribution in [0.25, 0.3) is 10.9 Å². The number of rotatable bonds is 3. The minimum atomic E-state index is -0.898. The number of pyridine rings is 1. The van der Waals surface area contributed by atoms with Gasteiger partial charge in [-0.25, -0.2) is 4.79 Å². The number of nitrogens with zero attached hydrogens (tertiary/aromatic N) is 1. The lowest BCUT2D eigenvalue weighted by molar-refractivity contribution is 0.0832. The summed E-state index contributed by atoms with van der Waals surface area (Å²) in [5, 5.41) is 0.461. The van der Waals surface area contributed by atoms with Crippen LogP contribution in [0.2, 0.25) is 0 Å². The Morgan fingerprint density at radius 2 is 1.68 bits per heavy atom. The molecule has 2 aromatic carbocycles. The van der Waals surface area contributed by atoms with E-state index in [0.29, 0.717) is 10.9 Å². The second-order valence-electron chi connectivity index (χ2n) is 5.55. The lowest BCUT2D eigenvalue weighted by atomic mass is 10.00. The third-order valence-corrected chi connectivity index (χ3v) is 3.90. The smallest absolute Gasteiger partial charge is 0.321 e. The molecule has 25 heavy (non-hydrogen) atoms. The van der Waals surface area contributed by atoms with Gasteiger partial charge in [0.15, 0.2) is 5.43 Å². The monoisotopic (exact) mass is 334 g/mol. The number of amides is 3. The predicted molar refractivity (Wildman–Crippen MR) is 95.2 cm³/mol. The Hall–Kier alpha value is -3.41. The van der Waals surface area contributed by atoms with Gasteiger partial charge in [-0.05, 0) is 17.7 Å². The third-order valence-electron chi connectivity index (χ3n) is 3.90. The van der Waals surface area contributed by atoms with E-state index in [-0.39, 0.29) is 16.7 Å². The highest BCUT2D eigenvalue weighted by molar-refractivity contribution is 6.04. The third kappa shape index (κ3) is 3.14. The molecule has 0 unspecified atom stereocenters. The maximum Gasteiger partial charge on any atom is 0.321 e. The molecule has 0 fully saturated rings. The van der Waals surface area contributed by atoms with E-state index in [1.165, 1.54) is 7.05 Å². The van der Waals surface area contributed by atoms with E-state index in [9.17, 15) is 14.4 Å². The van der Waals surface area contributed by atoms with Crippen LogP contribution in [0.5, 0.6) is 0 Å². The Bertz CT molecular complexity index is 1010. The molecule has 0 spiro atoms. The highest BCUT2D eigenvalue weighted by Crippen LogP contribution is 2.17. The van der Waals surface area contributed by atoms with Gasteiger partial charge < -0.3 is 10.7 Å². The van der Waals surface area contributed by atoms with E-state index in [0.717, 1.165) is 10.5 Å². The van der Waals surface area contributed by atoms with Crippen molar-refractivity contribution in [2.24, 2.45) is 5.73 Å². The van der Waals surface area contributed by atoms with E-state index in [4.69, 9.17) is 5.73 Å². The molecule has 1 radical (unpaired) electrons. The first-order chi connectivity index (χ1) is 12.0. The predicted octanol–water partition coefficient (Wildman–Crippen LogP) is 2.28. The summed E-state index contributed by atoms with van der Waals surface area (Å²) < 4.78 is 0. The average molecular weight is 334 g/mol. The van der Waals surface area contributed by atoms with Crippen LogP contribution < -0.4 is 11.2 Å². The van der Waals surface area contributed by atoms with Crippen molar-refractivity contribution in [1.82, 2.24) is 9.88 Å². The Morgan fingerprint density at radius 3 is 2.36 bits per heavy atom. The van der Waals surface area contributed by atoms with Gasteiger partial charge in [0.2, 0.25) is 0 Å². The molecule has 125 valence electrons. The van der Waals surface area contributed by atoms with Gasteiger partial charge in [0.1, 0.15) is 5.69 Å². The molecule has 3 N–H and O–H groups in total. The van der Waals surface area contributed by atoms with Crippen LogP contribution >= 0.6 is 0 Å². The van der Waals surface area contributed by atoms with Gasteiger partial charge in [0.05, 0.1) is 0 Å². The van der Waals surface area contributed by atoms with Crippen LogP contribution in [0.4, 0.5) is 4.79 Å². The number of hydrogen-bond acceptors (Lipinski definition) is 3. The molecule has 3 rings (SSSR count). The number of aromatic amines is 1. The zero-order valence-corrected chi connectivity index (χ0v) is 13.5. The number of carbonyl (C=O) groups excluding carboxylic acids is 2. The number of fused-ring (bicyclic) bond motifs is 1. The van der Waals surface area contributed by atoms with Gasteiger partial charge in [0, 0.05) is 29.9 Å². The standard InChI is InChI=1S/C19H16N3O3/c1-22(19(20)25)18(24)16-14(11-12-7-3-2-4-8-12)17(23)13-9-5-6-10-15(13)21-16/h2-11H,1H3,(H2,20,25)(H,21,23). The number of imide groups is 1. The topological polar surface area (TPSA) is 96.3 Å². The lowest BCUT2D eigenvalue weighted by Gasteiger charge is -2.16. The van der Waals surface area contributed by atoms with Gasteiger partial charge in [-0.1, -0.05) is 42.5 Å². The molecule has 3 aromatic rings. The average Bonchev–Trinajstić information content (AvgIpc) is 2.63. The number of para-hydroxylation sites is 1. The second-order valence-corrected chi connectivity index (χ2v) is 5.55. The summed E-state index contributed by atoms with van der Waals surface area (Å²) in [5.41, 5.74) is 6.38. The van der Waals surface area contributed by atoms with Crippen molar-refractivity contribution in [3.63, 3.8) is 0 Å². The number of primary amides is 1. The van der Waals surface area contributed by atoms with Gasteiger partial charge in [0.25, 0.3) is 5.91 Å². The fraction of sp³-hybridized carbons (Fsp3) is 0.0526. The van der Waals surface area contributed by atoms with E-state index < -0.39 is 11.9 Å². The fourth-order valence-corrected chi connectivity index (χ4v) is 2.54. The second kappa shape index (κ2) is 6.60. The number of urea groups is 1. The summed E-state index contributed by atoms with van der Waals surface area (Å²) in [7, 11) is 1.27. The van der Waals surface area contributed by atoms with E-state index in [2.05, 4.69) is 4.98 Å². The zero-order chi connectivity index (χ0) is 18.0. The molecular formula is C19H16N3O3. The van der Waals surface area contributed by atoms with E-state index in [1.807, 2.05) is 30.3 Å². The number of aromatic nitrogens is 1. The first-order valence-electron chi connectivity index (χ1n) is 7.61. The Balaban J connectivity index is 2.22. The molecule has 1 aromatic heterocycles. The highest BCUT2D eigenvalue weighted by atomic mass is 16.2. The van der Waals surface area contributed by atoms with Crippen LogP contribution in [0.15, 0.2) is 59.4 Å². The zero-order valence-electron chi connectivity index (χ0n) is 13.5. The quantitative estimate of drug-likeness (QED) is 0.769. The molecule has 0 saturated heterocycles. The number of benzene rings is 2. The van der Waals surface area contributed by atoms with E-state index in [1.54, 1.807) is 30.7 Å². The Kier molecular flexibility index (Phi) is 4.35. The molecule has 0 bridgehead atoms. The van der Waals surface area contributed by atoms with Crippen LogP contribution in [0.3, 0.4) is 0 Å². The number of nitrogens with one attached hydrogen (secondary N) is 1. The van der Waals surface area contributed by atoms with Crippen molar-refractivity contribution >= 4 is 22.8 Å². The number of hydrogen-bond donors (Lipinski definition) is 2. The van der Waals surface area contributed by atoms with Crippen molar-refractivity contribution < 1.29 is 9.59 Å². The van der Waals surface area contributed by atoms with Crippen molar-refractivity contribution in [2.45, 2.75) is 0 Å². The summed E-state index contributed by atoms with van der Waals surface area (Å²) in [6.45, 7) is 0. The largest absolute Gasteiger partial charge is 0.351 e. The normalized spacial score (nSPS) is 10.6. The molecule has 6 nitrogen and oxygen atoms in total. The number of nitrogens with two attached hydrogens (primary N) is 1. The lowest BCUT2D eigenvalue weighted by Crippen LogP contribution is -2.39. The van der Waals surface area contributed by atoms with E-state index >= 15 is 0 Å². The minimum Gasteiger partial charge on any atom is -0.351 e. The summed E-state index contributed by atoms with van der Waals surface area (Å²) >= 11 is 0. The molecular weight excluding hydrogens is 318 g/mol. The van der Waals surface area contributed by atoms with Gasteiger partial charge in [-0.2, -0.15) is 0 Å². The summed E-state index contributed by atoms with van der Waals surface area (Å²) in [6.07, 6.45) is 1.62. The Labute approximate surface area is 143 Å². The highest BCUT2D eigenvalue weighted by Gasteiger charge is 2.23. The molecule has 0 atom stereocenters. The SMILES string of the molecule is CN(C(N)=O)C(=O)c1[nH]c2ccccc2c(=O)c1[CH]c1ccccc1. The van der Waals surface area contributed by atoms with Crippen molar-refractivity contribution in [2.75, 3.05) is 7.05 Å². The molecule has 0 saturated carbocycles. The number of carbonyl (C=O) groups is 2. The molecule has 0 aliphatic heterocycles. The van der Waals surface area contributed by atoms with Crippen LogP contribution in [0, 0.1) is 6.42 Å². The molecule has 6 heteroatoms. The number of H-pyrrole nitrogens is 1. The van der Waals surface area contributed by atoms with Crippen LogP contribution in [-0.4, -0.2) is 28.9 Å². The minimum absolute atomic E-state index is 0.0221. The van der Waals surface area contributed by atoms with Crippen molar-refractivity contribution in [3.05, 3.63) is 88.1 Å². The Morgan fingerprint density at radius 1 is 1.04 bits per heavy atom.